The Morgan fingerprint density at radius 2 is 2.11 bits per heavy atom. The molecule has 0 unspecified atom stereocenters. The van der Waals surface area contributed by atoms with Crippen molar-refractivity contribution in [2.45, 2.75) is 19.8 Å². The molecular formula is C13H17ClN2O3. The first-order valence-electron chi connectivity index (χ1n) is 6.02. The maximum absolute atomic E-state index is 11.7. The molecule has 104 valence electrons. The molecule has 0 bridgehead atoms. The van der Waals surface area contributed by atoms with Crippen molar-refractivity contribution in [3.05, 3.63) is 28.8 Å². The van der Waals surface area contributed by atoms with E-state index in [1.807, 2.05) is 6.92 Å². The Bertz CT molecular complexity index is 443. The monoisotopic (exact) mass is 284 g/mol. The maximum Gasteiger partial charge on any atom is 0.338 e. The van der Waals surface area contributed by atoms with Crippen LogP contribution in [0.25, 0.3) is 0 Å². The Kier molecular flexibility index (Phi) is 6.15. The first-order chi connectivity index (χ1) is 9.02. The highest BCUT2D eigenvalue weighted by molar-refractivity contribution is 6.31. The van der Waals surface area contributed by atoms with Gasteiger partial charge in [-0.2, -0.15) is 0 Å². The summed E-state index contributed by atoms with van der Waals surface area (Å²) in [7, 11) is 0. The average molecular weight is 285 g/mol. The molecule has 0 heterocycles. The highest BCUT2D eigenvalue weighted by atomic mass is 35.5. The van der Waals surface area contributed by atoms with E-state index in [0.29, 0.717) is 17.3 Å². The van der Waals surface area contributed by atoms with Crippen LogP contribution in [-0.2, 0) is 9.53 Å². The van der Waals surface area contributed by atoms with Crippen LogP contribution in [0.1, 0.15) is 30.1 Å². The second kappa shape index (κ2) is 7.63. The highest BCUT2D eigenvalue weighted by Gasteiger charge is 2.11. The number of carbonyl (C=O) groups is 2. The molecule has 5 nitrogen and oxygen atoms in total. The molecule has 0 fully saturated rings. The number of esters is 1. The predicted octanol–water partition coefficient (Wildman–Crippen LogP) is 2.00. The second-order valence-corrected chi connectivity index (χ2v) is 4.49. The van der Waals surface area contributed by atoms with E-state index < -0.39 is 5.97 Å². The summed E-state index contributed by atoms with van der Waals surface area (Å²) in [4.78, 5) is 23.0. The number of nitrogens with two attached hydrogens (primary N) is 1. The van der Waals surface area contributed by atoms with E-state index in [4.69, 9.17) is 22.1 Å². The number of ether oxygens (including phenoxy) is 1. The Morgan fingerprint density at radius 3 is 2.74 bits per heavy atom. The number of hydrogen-bond donors (Lipinski definition) is 2. The SMILES string of the molecule is CCCCNC(=O)COC(=O)c1cc(N)cc(Cl)c1. The van der Waals surface area contributed by atoms with Gasteiger partial charge in [-0.05, 0) is 24.6 Å². The zero-order valence-electron chi connectivity index (χ0n) is 10.7. The molecule has 0 saturated heterocycles. The van der Waals surface area contributed by atoms with Gasteiger partial charge in [0.1, 0.15) is 0 Å². The first kappa shape index (κ1) is 15.3. The van der Waals surface area contributed by atoms with Gasteiger partial charge in [0.2, 0.25) is 0 Å². The summed E-state index contributed by atoms with van der Waals surface area (Å²) in [5.74, 6) is -0.948. The molecule has 0 saturated carbocycles. The molecule has 3 N–H and O–H groups in total. The van der Waals surface area contributed by atoms with Crippen molar-refractivity contribution < 1.29 is 14.3 Å². The van der Waals surface area contributed by atoms with Crippen LogP contribution >= 0.6 is 11.6 Å². The Balaban J connectivity index is 2.44. The fourth-order valence-electron chi connectivity index (χ4n) is 1.40. The quantitative estimate of drug-likeness (QED) is 0.475. The summed E-state index contributed by atoms with van der Waals surface area (Å²) in [6, 6.07) is 4.41. The minimum atomic E-state index is -0.625. The molecule has 0 spiro atoms. The number of amides is 1. The van der Waals surface area contributed by atoms with Gasteiger partial charge in [0, 0.05) is 17.3 Å². The largest absolute Gasteiger partial charge is 0.452 e. The van der Waals surface area contributed by atoms with Crippen LogP contribution < -0.4 is 11.1 Å². The minimum absolute atomic E-state index is 0.228. The summed E-state index contributed by atoms with van der Waals surface area (Å²) in [6.07, 6.45) is 1.88. The molecular weight excluding hydrogens is 268 g/mol. The van der Waals surface area contributed by atoms with Crippen LogP contribution in [-0.4, -0.2) is 25.0 Å². The highest BCUT2D eigenvalue weighted by Crippen LogP contribution is 2.17. The Hall–Kier alpha value is -1.75. The molecule has 19 heavy (non-hydrogen) atoms. The van der Waals surface area contributed by atoms with Crippen LogP contribution in [0.3, 0.4) is 0 Å². The number of nitrogens with one attached hydrogen (secondary N) is 1. The molecule has 0 aliphatic heterocycles. The maximum atomic E-state index is 11.7. The third kappa shape index (κ3) is 5.61. The standard InChI is InChI=1S/C13H17ClN2O3/c1-2-3-4-16-12(17)8-19-13(18)9-5-10(14)7-11(15)6-9/h5-7H,2-4,8,15H2,1H3,(H,16,17). The van der Waals surface area contributed by atoms with E-state index in [9.17, 15) is 9.59 Å². The van der Waals surface area contributed by atoms with Gasteiger partial charge in [0.05, 0.1) is 5.56 Å². The second-order valence-electron chi connectivity index (χ2n) is 4.05. The molecule has 1 aromatic rings. The van der Waals surface area contributed by atoms with Crippen molar-refractivity contribution in [1.29, 1.82) is 0 Å². The molecule has 6 heteroatoms. The van der Waals surface area contributed by atoms with E-state index in [1.54, 1.807) is 0 Å². The van der Waals surface area contributed by atoms with Gasteiger partial charge >= 0.3 is 5.97 Å². The lowest BCUT2D eigenvalue weighted by Gasteiger charge is -2.07. The van der Waals surface area contributed by atoms with Crippen LogP contribution in [0.5, 0.6) is 0 Å². The van der Waals surface area contributed by atoms with Gasteiger partial charge in [0.15, 0.2) is 6.61 Å². The lowest BCUT2D eigenvalue weighted by Crippen LogP contribution is -2.29. The molecule has 0 atom stereocenters. The van der Waals surface area contributed by atoms with Gasteiger partial charge in [-0.25, -0.2) is 4.79 Å². The summed E-state index contributed by atoms with van der Waals surface area (Å²) < 4.78 is 4.87. The van der Waals surface area contributed by atoms with E-state index in [2.05, 4.69) is 5.32 Å². The van der Waals surface area contributed by atoms with Gasteiger partial charge in [0.25, 0.3) is 5.91 Å². The van der Waals surface area contributed by atoms with Gasteiger partial charge < -0.3 is 15.8 Å². The average Bonchev–Trinajstić information content (AvgIpc) is 2.35. The van der Waals surface area contributed by atoms with Crippen LogP contribution in [0.4, 0.5) is 5.69 Å². The van der Waals surface area contributed by atoms with E-state index in [0.717, 1.165) is 12.8 Å². The van der Waals surface area contributed by atoms with Crippen LogP contribution in [0.15, 0.2) is 18.2 Å². The number of hydrogen-bond acceptors (Lipinski definition) is 4. The lowest BCUT2D eigenvalue weighted by molar-refractivity contribution is -0.124. The number of unbranched alkanes of at least 4 members (excludes halogenated alkanes) is 1. The molecule has 0 aliphatic rings. The molecule has 0 aromatic heterocycles. The third-order valence-corrected chi connectivity index (χ3v) is 2.56. The topological polar surface area (TPSA) is 81.4 Å². The Morgan fingerprint density at radius 1 is 1.37 bits per heavy atom. The molecule has 0 aliphatic carbocycles. The van der Waals surface area contributed by atoms with Crippen molar-refractivity contribution in [3.63, 3.8) is 0 Å². The molecule has 1 rings (SSSR count). The number of anilines is 1. The van der Waals surface area contributed by atoms with Crippen LogP contribution in [0.2, 0.25) is 5.02 Å². The fourth-order valence-corrected chi connectivity index (χ4v) is 1.64. The van der Waals surface area contributed by atoms with Crippen LogP contribution in [0, 0.1) is 0 Å². The minimum Gasteiger partial charge on any atom is -0.452 e. The fraction of sp³-hybridized carbons (Fsp3) is 0.385. The normalized spacial score (nSPS) is 10.0. The molecule has 1 amide bonds. The number of nitrogen functional groups attached to an aromatic ring is 1. The number of halogens is 1. The van der Waals surface area contributed by atoms with Crippen molar-refractivity contribution in [2.75, 3.05) is 18.9 Å². The number of rotatable bonds is 6. The number of carbonyl (C=O) groups excluding carboxylic acids is 2. The van der Waals surface area contributed by atoms with Crippen molar-refractivity contribution in [2.24, 2.45) is 0 Å². The smallest absolute Gasteiger partial charge is 0.338 e. The van der Waals surface area contributed by atoms with Gasteiger partial charge in [-0.15, -0.1) is 0 Å². The lowest BCUT2D eigenvalue weighted by atomic mass is 10.2. The van der Waals surface area contributed by atoms with Crippen molar-refractivity contribution in [1.82, 2.24) is 5.32 Å². The van der Waals surface area contributed by atoms with E-state index >= 15 is 0 Å². The molecule has 0 radical (unpaired) electrons. The van der Waals surface area contributed by atoms with Crippen molar-refractivity contribution >= 4 is 29.2 Å². The molecule has 1 aromatic carbocycles. The zero-order valence-corrected chi connectivity index (χ0v) is 11.5. The third-order valence-electron chi connectivity index (χ3n) is 2.34. The van der Waals surface area contributed by atoms with E-state index in [1.165, 1.54) is 18.2 Å². The summed E-state index contributed by atoms with van der Waals surface area (Å²) in [6.45, 7) is 2.29. The van der Waals surface area contributed by atoms with E-state index in [-0.39, 0.29) is 18.1 Å². The summed E-state index contributed by atoms with van der Waals surface area (Å²) in [5, 5.41) is 2.99. The number of benzene rings is 1. The Labute approximate surface area is 117 Å². The van der Waals surface area contributed by atoms with Gasteiger partial charge in [-0.3, -0.25) is 4.79 Å². The summed E-state index contributed by atoms with van der Waals surface area (Å²) >= 11 is 5.77. The van der Waals surface area contributed by atoms with Crippen molar-refractivity contribution in [3.8, 4) is 0 Å². The zero-order chi connectivity index (χ0) is 14.3. The summed E-state index contributed by atoms with van der Waals surface area (Å²) in [5.41, 5.74) is 6.16. The first-order valence-corrected chi connectivity index (χ1v) is 6.40. The predicted molar refractivity (Wildman–Crippen MR) is 74.1 cm³/mol. The van der Waals surface area contributed by atoms with Gasteiger partial charge in [-0.1, -0.05) is 24.9 Å².